The van der Waals surface area contributed by atoms with Crippen LogP contribution in [0.25, 0.3) is 11.3 Å². The van der Waals surface area contributed by atoms with Gasteiger partial charge in [0.05, 0.1) is 22.3 Å². The van der Waals surface area contributed by atoms with E-state index >= 15 is 0 Å². The van der Waals surface area contributed by atoms with E-state index in [0.29, 0.717) is 20.6 Å². The molecule has 176 valence electrons. The zero-order valence-electron chi connectivity index (χ0n) is 20.1. The zero-order chi connectivity index (χ0) is 24.5. The summed E-state index contributed by atoms with van der Waals surface area (Å²) in [4.78, 5) is 23.2. The largest absolute Gasteiger partial charge is 0.493 e. The minimum Gasteiger partial charge on any atom is -0.493 e. The molecule has 1 amide bonds. The van der Waals surface area contributed by atoms with E-state index in [1.165, 1.54) is 22.5 Å². The average Bonchev–Trinajstić information content (AvgIpc) is 3.38. The second-order valence-corrected chi connectivity index (χ2v) is 9.50. The standard InChI is InChI=1S/C29H27N3O2S/c1-4-18-7-12-21(13-8-18)30-29-32(22-14-9-19(5-2)10-15-22)28(34)26(35-29)25-23-17-20(6-3)11-16-24(23)31-27(25)33/h7-17,34H,4-6H2,1-3H3. The van der Waals surface area contributed by atoms with Crippen LogP contribution in [0.2, 0.25) is 0 Å². The number of aromatic hydroxyl groups is 1. The normalized spacial score (nSPS) is 13.3. The Labute approximate surface area is 208 Å². The van der Waals surface area contributed by atoms with Crippen molar-refractivity contribution in [2.45, 2.75) is 40.0 Å². The van der Waals surface area contributed by atoms with Crippen molar-refractivity contribution in [3.8, 4) is 11.6 Å². The highest BCUT2D eigenvalue weighted by atomic mass is 32.1. The minimum absolute atomic E-state index is 0.00326. The van der Waals surface area contributed by atoms with Crippen LogP contribution in [-0.2, 0) is 24.1 Å². The molecule has 1 aromatic heterocycles. The topological polar surface area (TPSA) is 66.9 Å². The van der Waals surface area contributed by atoms with Crippen LogP contribution in [0.15, 0.2) is 76.7 Å². The number of hydrogen-bond donors (Lipinski definition) is 1. The Hall–Kier alpha value is -3.77. The van der Waals surface area contributed by atoms with Crippen molar-refractivity contribution in [3.63, 3.8) is 0 Å². The summed E-state index contributed by atoms with van der Waals surface area (Å²) < 4.78 is 1.72. The fourth-order valence-corrected chi connectivity index (χ4v) is 5.34. The zero-order valence-corrected chi connectivity index (χ0v) is 20.9. The van der Waals surface area contributed by atoms with Crippen LogP contribution in [0.5, 0.6) is 5.88 Å². The van der Waals surface area contributed by atoms with Gasteiger partial charge in [-0.05, 0) is 72.4 Å². The van der Waals surface area contributed by atoms with Gasteiger partial charge in [0.15, 0.2) is 4.80 Å². The molecule has 0 saturated heterocycles. The molecular formula is C29H27N3O2S. The summed E-state index contributed by atoms with van der Waals surface area (Å²) in [6, 6.07) is 22.0. The molecule has 1 aliphatic heterocycles. The van der Waals surface area contributed by atoms with E-state index in [1.54, 1.807) is 4.57 Å². The third-order valence-electron chi connectivity index (χ3n) is 6.37. The van der Waals surface area contributed by atoms with Gasteiger partial charge in [-0.3, -0.25) is 9.36 Å². The van der Waals surface area contributed by atoms with Crippen molar-refractivity contribution in [2.75, 3.05) is 0 Å². The predicted octanol–water partition coefficient (Wildman–Crippen LogP) is 4.52. The first kappa shape index (κ1) is 23.0. The lowest BCUT2D eigenvalue weighted by molar-refractivity contribution is -0.112. The average molecular weight is 482 g/mol. The van der Waals surface area contributed by atoms with Gasteiger partial charge in [0.25, 0.3) is 5.91 Å². The van der Waals surface area contributed by atoms with Crippen molar-refractivity contribution in [1.29, 1.82) is 0 Å². The van der Waals surface area contributed by atoms with Crippen molar-refractivity contribution in [2.24, 2.45) is 9.98 Å². The molecule has 2 heterocycles. The van der Waals surface area contributed by atoms with Crippen molar-refractivity contribution < 1.29 is 9.90 Å². The van der Waals surface area contributed by atoms with Gasteiger partial charge in [-0.1, -0.05) is 62.4 Å². The summed E-state index contributed by atoms with van der Waals surface area (Å²) in [7, 11) is 0. The summed E-state index contributed by atoms with van der Waals surface area (Å²) in [5, 5.41) is 12.9. The lowest BCUT2D eigenvalue weighted by Gasteiger charge is -2.07. The van der Waals surface area contributed by atoms with Gasteiger partial charge in [0, 0.05) is 5.22 Å². The SMILES string of the molecule is CCc1ccc(N=c2sc(C3=c4cc(CC)ccc4=NC3=O)c(O)n2-c2ccc(CC)cc2)cc1. The van der Waals surface area contributed by atoms with E-state index in [2.05, 4.69) is 37.9 Å². The second kappa shape index (κ2) is 9.47. The fourth-order valence-electron chi connectivity index (χ4n) is 4.24. The Balaban J connectivity index is 1.78. The van der Waals surface area contributed by atoms with Crippen LogP contribution in [0.1, 0.15) is 42.3 Å². The summed E-state index contributed by atoms with van der Waals surface area (Å²) in [6.45, 7) is 6.30. The van der Waals surface area contributed by atoms with Crippen LogP contribution in [0.4, 0.5) is 5.69 Å². The molecule has 5 nitrogen and oxygen atoms in total. The molecule has 0 atom stereocenters. The van der Waals surface area contributed by atoms with Crippen LogP contribution < -0.4 is 15.4 Å². The van der Waals surface area contributed by atoms with Crippen molar-refractivity contribution in [1.82, 2.24) is 4.57 Å². The molecule has 1 N–H and O–H groups in total. The van der Waals surface area contributed by atoms with Gasteiger partial charge >= 0.3 is 0 Å². The quantitative estimate of drug-likeness (QED) is 0.440. The highest BCUT2D eigenvalue weighted by Crippen LogP contribution is 2.31. The first-order valence-corrected chi connectivity index (χ1v) is 12.8. The molecule has 4 aromatic rings. The Kier molecular flexibility index (Phi) is 6.22. The third kappa shape index (κ3) is 4.26. The molecule has 6 heteroatoms. The number of aromatic nitrogens is 1. The van der Waals surface area contributed by atoms with Gasteiger partial charge in [0.1, 0.15) is 4.88 Å². The number of benzene rings is 3. The molecule has 3 aromatic carbocycles. The highest BCUT2D eigenvalue weighted by Gasteiger charge is 2.26. The third-order valence-corrected chi connectivity index (χ3v) is 7.42. The Morgan fingerprint density at radius 2 is 1.46 bits per heavy atom. The van der Waals surface area contributed by atoms with Gasteiger partial charge in [-0.15, -0.1) is 0 Å². The maximum atomic E-state index is 13.0. The van der Waals surface area contributed by atoms with Gasteiger partial charge in [-0.25, -0.2) is 9.98 Å². The molecule has 0 radical (unpaired) electrons. The molecule has 0 saturated carbocycles. The van der Waals surface area contributed by atoms with Gasteiger partial charge in [0.2, 0.25) is 5.88 Å². The Morgan fingerprint density at radius 1 is 0.857 bits per heavy atom. The van der Waals surface area contributed by atoms with E-state index in [1.807, 2.05) is 54.6 Å². The van der Waals surface area contributed by atoms with E-state index in [4.69, 9.17) is 4.99 Å². The monoisotopic (exact) mass is 481 g/mol. The fraction of sp³-hybridized carbons (Fsp3) is 0.207. The van der Waals surface area contributed by atoms with E-state index in [9.17, 15) is 9.90 Å². The number of aryl methyl sites for hydroxylation is 3. The van der Waals surface area contributed by atoms with Crippen LogP contribution >= 0.6 is 11.3 Å². The highest BCUT2D eigenvalue weighted by molar-refractivity contribution is 7.11. The molecule has 0 aliphatic carbocycles. The maximum Gasteiger partial charge on any atom is 0.279 e. The lowest BCUT2D eigenvalue weighted by Crippen LogP contribution is -2.23. The van der Waals surface area contributed by atoms with Crippen LogP contribution in [0.3, 0.4) is 0 Å². The summed E-state index contributed by atoms with van der Waals surface area (Å²) in [5.74, 6) is -0.339. The van der Waals surface area contributed by atoms with Crippen molar-refractivity contribution >= 4 is 28.5 Å². The molecular weight excluding hydrogens is 454 g/mol. The van der Waals surface area contributed by atoms with E-state index in [-0.39, 0.29) is 11.8 Å². The molecule has 0 bridgehead atoms. The van der Waals surface area contributed by atoms with E-state index in [0.717, 1.165) is 41.4 Å². The van der Waals surface area contributed by atoms with Crippen molar-refractivity contribution in [3.05, 3.63) is 104 Å². The first-order valence-electron chi connectivity index (χ1n) is 12.0. The summed E-state index contributed by atoms with van der Waals surface area (Å²) in [6.07, 6.45) is 2.73. The van der Waals surface area contributed by atoms with Gasteiger partial charge < -0.3 is 5.11 Å². The second-order valence-electron chi connectivity index (χ2n) is 8.52. The Bertz CT molecular complexity index is 1610. The molecule has 0 fully saturated rings. The maximum absolute atomic E-state index is 13.0. The van der Waals surface area contributed by atoms with Crippen LogP contribution in [0, 0.1) is 0 Å². The molecule has 0 spiro atoms. The molecule has 5 rings (SSSR count). The number of fused-ring (bicyclic) bond motifs is 1. The predicted molar refractivity (Wildman–Crippen MR) is 140 cm³/mol. The molecule has 0 unspecified atom stereocenters. The number of nitrogens with zero attached hydrogens (tertiary/aromatic N) is 3. The number of rotatable bonds is 6. The first-order chi connectivity index (χ1) is 17.0. The van der Waals surface area contributed by atoms with Gasteiger partial charge in [-0.2, -0.15) is 0 Å². The minimum atomic E-state index is -0.336. The molecule has 35 heavy (non-hydrogen) atoms. The number of carbonyl (C=O) groups is 1. The summed E-state index contributed by atoms with van der Waals surface area (Å²) in [5.41, 5.74) is 5.56. The molecule has 1 aliphatic rings. The smallest absolute Gasteiger partial charge is 0.279 e. The van der Waals surface area contributed by atoms with E-state index < -0.39 is 0 Å². The Morgan fingerprint density at radius 3 is 2.09 bits per heavy atom. The number of carbonyl (C=O) groups excluding carboxylic acids is 1. The summed E-state index contributed by atoms with van der Waals surface area (Å²) >= 11 is 1.30. The van der Waals surface area contributed by atoms with Crippen LogP contribution in [-0.4, -0.2) is 15.6 Å². The lowest BCUT2D eigenvalue weighted by atomic mass is 10.1. The number of amides is 1. The number of hydrogen-bond acceptors (Lipinski definition) is 4. The number of thiazole rings is 1.